The molecule has 6 nitrogen and oxygen atoms in total. The fraction of sp³-hybridized carbons (Fsp3) is 0.769. The molecule has 2 aliphatic heterocycles. The van der Waals surface area contributed by atoms with E-state index >= 15 is 0 Å². The van der Waals surface area contributed by atoms with Gasteiger partial charge in [0.1, 0.15) is 5.01 Å². The van der Waals surface area contributed by atoms with Gasteiger partial charge in [-0.3, -0.25) is 9.69 Å². The standard InChI is InChI=1S/C13H21N5OS/c1-2-5-14-13-17-16-11(20-13)8-18-6-3-4-9-10(18)7-15-12(9)19/h9-10H,2-8H2,1H3,(H,14,17)(H,15,19). The molecule has 0 bridgehead atoms. The Morgan fingerprint density at radius 3 is 3.25 bits per heavy atom. The Bertz CT molecular complexity index is 477. The molecule has 0 aliphatic carbocycles. The molecule has 2 atom stereocenters. The van der Waals surface area contributed by atoms with Crippen LogP contribution >= 0.6 is 11.3 Å². The number of anilines is 1. The predicted octanol–water partition coefficient (Wildman–Crippen LogP) is 1.07. The molecule has 2 N–H and O–H groups in total. The lowest BCUT2D eigenvalue weighted by molar-refractivity contribution is -0.124. The van der Waals surface area contributed by atoms with Gasteiger partial charge in [-0.05, 0) is 25.8 Å². The van der Waals surface area contributed by atoms with Crippen LogP contribution in [0.4, 0.5) is 5.13 Å². The lowest BCUT2D eigenvalue weighted by Gasteiger charge is -2.35. The number of carbonyl (C=O) groups excluding carboxylic acids is 1. The maximum atomic E-state index is 11.8. The van der Waals surface area contributed by atoms with Crippen molar-refractivity contribution in [2.24, 2.45) is 5.92 Å². The van der Waals surface area contributed by atoms with Crippen LogP contribution in [0.15, 0.2) is 0 Å². The molecule has 3 rings (SSSR count). The highest BCUT2D eigenvalue weighted by Crippen LogP contribution is 2.29. The van der Waals surface area contributed by atoms with Crippen molar-refractivity contribution in [1.82, 2.24) is 20.4 Å². The van der Waals surface area contributed by atoms with Gasteiger partial charge in [0, 0.05) is 19.1 Å². The second kappa shape index (κ2) is 6.05. The third-order valence-electron chi connectivity index (χ3n) is 4.05. The molecular weight excluding hydrogens is 274 g/mol. The summed E-state index contributed by atoms with van der Waals surface area (Å²) >= 11 is 1.62. The van der Waals surface area contributed by atoms with E-state index in [1.807, 2.05) is 0 Å². The largest absolute Gasteiger partial charge is 0.360 e. The third-order valence-corrected chi connectivity index (χ3v) is 4.91. The van der Waals surface area contributed by atoms with Crippen LogP contribution in [0, 0.1) is 5.92 Å². The number of hydrogen-bond acceptors (Lipinski definition) is 6. The van der Waals surface area contributed by atoms with Crippen LogP contribution < -0.4 is 10.6 Å². The second-order valence-corrected chi connectivity index (χ2v) is 6.52. The summed E-state index contributed by atoms with van der Waals surface area (Å²) in [6, 6.07) is 0.340. The normalized spacial score (nSPS) is 26.4. The molecular formula is C13H21N5OS. The predicted molar refractivity (Wildman–Crippen MR) is 78.6 cm³/mol. The number of amides is 1. The van der Waals surface area contributed by atoms with Crippen LogP contribution in [0.2, 0.25) is 0 Å². The molecule has 0 radical (unpaired) electrons. The van der Waals surface area contributed by atoms with Crippen LogP contribution in [0.1, 0.15) is 31.2 Å². The van der Waals surface area contributed by atoms with Gasteiger partial charge >= 0.3 is 0 Å². The highest BCUT2D eigenvalue weighted by molar-refractivity contribution is 7.15. The summed E-state index contributed by atoms with van der Waals surface area (Å²) in [7, 11) is 0. The number of likely N-dealkylation sites (tertiary alicyclic amines) is 1. The first-order chi connectivity index (χ1) is 9.78. The van der Waals surface area contributed by atoms with Crippen molar-refractivity contribution in [2.45, 2.75) is 38.8 Å². The molecule has 0 saturated carbocycles. The molecule has 2 fully saturated rings. The molecule has 0 spiro atoms. The van der Waals surface area contributed by atoms with E-state index in [1.54, 1.807) is 11.3 Å². The summed E-state index contributed by atoms with van der Waals surface area (Å²) < 4.78 is 0. The number of carbonyl (C=O) groups is 1. The zero-order valence-corrected chi connectivity index (χ0v) is 12.6. The van der Waals surface area contributed by atoms with Crippen molar-refractivity contribution >= 4 is 22.4 Å². The molecule has 1 aromatic heterocycles. The summed E-state index contributed by atoms with van der Waals surface area (Å²) in [5, 5.41) is 16.6. The van der Waals surface area contributed by atoms with Gasteiger partial charge in [-0.1, -0.05) is 18.3 Å². The first-order valence-electron chi connectivity index (χ1n) is 7.36. The Kier molecular flexibility index (Phi) is 4.16. The van der Waals surface area contributed by atoms with E-state index in [9.17, 15) is 4.79 Å². The van der Waals surface area contributed by atoms with E-state index in [-0.39, 0.29) is 11.8 Å². The number of fused-ring (bicyclic) bond motifs is 1. The molecule has 110 valence electrons. The smallest absolute Gasteiger partial charge is 0.224 e. The molecule has 7 heteroatoms. The second-order valence-electron chi connectivity index (χ2n) is 5.46. The molecule has 20 heavy (non-hydrogen) atoms. The van der Waals surface area contributed by atoms with Crippen LogP contribution in [-0.2, 0) is 11.3 Å². The lowest BCUT2D eigenvalue weighted by atomic mass is 9.91. The Balaban J connectivity index is 1.62. The molecule has 2 aliphatic rings. The Hall–Kier alpha value is -1.21. The summed E-state index contributed by atoms with van der Waals surface area (Å²) in [6.45, 7) is 5.70. The molecule has 2 unspecified atom stereocenters. The highest BCUT2D eigenvalue weighted by Gasteiger charge is 2.40. The van der Waals surface area contributed by atoms with Gasteiger partial charge in [-0.2, -0.15) is 0 Å². The summed E-state index contributed by atoms with van der Waals surface area (Å²) in [5.74, 6) is 0.400. The highest BCUT2D eigenvalue weighted by atomic mass is 32.1. The topological polar surface area (TPSA) is 70.2 Å². The van der Waals surface area contributed by atoms with E-state index in [4.69, 9.17) is 0 Å². The van der Waals surface area contributed by atoms with Gasteiger partial charge in [0.05, 0.1) is 12.5 Å². The van der Waals surface area contributed by atoms with Crippen molar-refractivity contribution in [3.05, 3.63) is 5.01 Å². The van der Waals surface area contributed by atoms with Crippen LogP contribution in [0.25, 0.3) is 0 Å². The van der Waals surface area contributed by atoms with Crippen LogP contribution in [-0.4, -0.2) is 46.7 Å². The first-order valence-corrected chi connectivity index (χ1v) is 8.17. The molecule has 3 heterocycles. The average Bonchev–Trinajstić information content (AvgIpc) is 3.05. The maximum absolute atomic E-state index is 11.8. The van der Waals surface area contributed by atoms with Gasteiger partial charge in [-0.15, -0.1) is 10.2 Å². The van der Waals surface area contributed by atoms with Crippen LogP contribution in [0.5, 0.6) is 0 Å². The number of aromatic nitrogens is 2. The SMILES string of the molecule is CCCNc1nnc(CN2CCCC3C(=O)NCC32)s1. The average molecular weight is 295 g/mol. The molecule has 1 amide bonds. The van der Waals surface area contributed by atoms with Crippen molar-refractivity contribution in [1.29, 1.82) is 0 Å². The summed E-state index contributed by atoms with van der Waals surface area (Å²) in [5.41, 5.74) is 0. The van der Waals surface area contributed by atoms with Gasteiger partial charge in [0.2, 0.25) is 11.0 Å². The molecule has 2 saturated heterocycles. The van der Waals surface area contributed by atoms with Gasteiger partial charge < -0.3 is 10.6 Å². The van der Waals surface area contributed by atoms with Gasteiger partial charge in [0.15, 0.2) is 0 Å². The van der Waals surface area contributed by atoms with Crippen molar-refractivity contribution < 1.29 is 4.79 Å². The third kappa shape index (κ3) is 2.78. The van der Waals surface area contributed by atoms with E-state index < -0.39 is 0 Å². The molecule has 0 aromatic carbocycles. The molecule has 1 aromatic rings. The Morgan fingerprint density at radius 1 is 1.50 bits per heavy atom. The maximum Gasteiger partial charge on any atom is 0.224 e. The van der Waals surface area contributed by atoms with Crippen molar-refractivity contribution in [3.8, 4) is 0 Å². The number of hydrogen-bond donors (Lipinski definition) is 2. The van der Waals surface area contributed by atoms with Crippen molar-refractivity contribution in [3.63, 3.8) is 0 Å². The minimum absolute atomic E-state index is 0.175. The number of nitrogens with zero attached hydrogens (tertiary/aromatic N) is 3. The van der Waals surface area contributed by atoms with Crippen LogP contribution in [0.3, 0.4) is 0 Å². The number of rotatable bonds is 5. The van der Waals surface area contributed by atoms with Crippen molar-refractivity contribution in [2.75, 3.05) is 25.0 Å². The van der Waals surface area contributed by atoms with Gasteiger partial charge in [0.25, 0.3) is 0 Å². The minimum Gasteiger partial charge on any atom is -0.360 e. The minimum atomic E-state index is 0.175. The summed E-state index contributed by atoms with van der Waals surface area (Å²) in [6.07, 6.45) is 3.19. The van der Waals surface area contributed by atoms with E-state index in [0.717, 1.165) is 55.6 Å². The number of nitrogens with one attached hydrogen (secondary N) is 2. The fourth-order valence-electron chi connectivity index (χ4n) is 3.03. The zero-order valence-electron chi connectivity index (χ0n) is 11.8. The quantitative estimate of drug-likeness (QED) is 0.850. The van der Waals surface area contributed by atoms with E-state index in [2.05, 4.69) is 32.7 Å². The van der Waals surface area contributed by atoms with E-state index in [0.29, 0.717) is 6.04 Å². The monoisotopic (exact) mass is 295 g/mol. The van der Waals surface area contributed by atoms with Gasteiger partial charge in [-0.25, -0.2) is 0 Å². The fourth-order valence-corrected chi connectivity index (χ4v) is 3.82. The van der Waals surface area contributed by atoms with E-state index in [1.165, 1.54) is 0 Å². The Morgan fingerprint density at radius 2 is 2.40 bits per heavy atom. The summed E-state index contributed by atoms with van der Waals surface area (Å²) in [4.78, 5) is 14.1. The zero-order chi connectivity index (χ0) is 13.9. The first kappa shape index (κ1) is 13.8. The number of piperidine rings is 1. The Labute approximate surface area is 123 Å². The lowest BCUT2D eigenvalue weighted by Crippen LogP contribution is -2.44.